The number of rotatable bonds is 5. The van der Waals surface area contributed by atoms with Crippen LogP contribution in [0.15, 0.2) is 36.4 Å². The lowest BCUT2D eigenvalue weighted by atomic mass is 9.93. The van der Waals surface area contributed by atoms with Crippen molar-refractivity contribution in [2.45, 2.75) is 32.4 Å². The highest BCUT2D eigenvalue weighted by molar-refractivity contribution is 6.31. The van der Waals surface area contributed by atoms with E-state index < -0.39 is 12.0 Å². The summed E-state index contributed by atoms with van der Waals surface area (Å²) in [5, 5.41) is 14.1. The van der Waals surface area contributed by atoms with Crippen LogP contribution in [0.25, 0.3) is 22.8 Å². The normalized spacial score (nSPS) is 20.4. The summed E-state index contributed by atoms with van der Waals surface area (Å²) in [6.45, 7) is 6.53. The first-order valence-corrected chi connectivity index (χ1v) is 13.3. The molecule has 3 N–H and O–H groups in total. The number of aromatic nitrogens is 1. The number of amides is 1. The smallest absolute Gasteiger partial charge is 0.256 e. The van der Waals surface area contributed by atoms with Gasteiger partial charge in [0, 0.05) is 59.8 Å². The predicted molar refractivity (Wildman–Crippen MR) is 145 cm³/mol. The molecule has 192 valence electrons. The third-order valence-corrected chi connectivity index (χ3v) is 8.16. The number of hydrogen-bond acceptors (Lipinski definition) is 4. The monoisotopic (exact) mass is 520 g/mol. The molecule has 3 aromatic rings. The van der Waals surface area contributed by atoms with Crippen molar-refractivity contribution < 1.29 is 14.3 Å². The van der Waals surface area contributed by atoms with Gasteiger partial charge in [0.05, 0.1) is 10.6 Å². The first kappa shape index (κ1) is 24.2. The van der Waals surface area contributed by atoms with Gasteiger partial charge in [-0.25, -0.2) is 4.39 Å². The molecule has 3 aliphatic heterocycles. The summed E-state index contributed by atoms with van der Waals surface area (Å²) in [5.41, 5.74) is 6.38. The Labute approximate surface area is 220 Å². The number of carbonyl (C=O) groups excluding carboxylic acids is 1. The lowest BCUT2D eigenvalue weighted by molar-refractivity contribution is 0.0723. The van der Waals surface area contributed by atoms with Gasteiger partial charge < -0.3 is 25.2 Å². The molecular formula is C29H30ClFN4O2. The number of anilines is 1. The molecule has 1 unspecified atom stereocenters. The van der Waals surface area contributed by atoms with Gasteiger partial charge in [-0.1, -0.05) is 35.9 Å². The minimum Gasteiger partial charge on any atom is -0.369 e. The SMILES string of the molecule is Cc1c(/C=C2/c3c(cccc3-c3cccc(Cl)c3F)NC2O)[nH]c2c1C(=O)N(CCN1CCCC1)CC2. The van der Waals surface area contributed by atoms with Crippen LogP contribution in [-0.2, 0) is 6.42 Å². The van der Waals surface area contributed by atoms with Crippen molar-refractivity contribution in [2.24, 2.45) is 0 Å². The van der Waals surface area contributed by atoms with Crippen LogP contribution >= 0.6 is 11.6 Å². The van der Waals surface area contributed by atoms with Gasteiger partial charge in [0.1, 0.15) is 5.82 Å². The lowest BCUT2D eigenvalue weighted by Gasteiger charge is -2.29. The summed E-state index contributed by atoms with van der Waals surface area (Å²) in [5.74, 6) is -0.435. The number of aromatic amines is 1. The number of H-pyrrole nitrogens is 1. The van der Waals surface area contributed by atoms with Crippen LogP contribution in [0.1, 0.15) is 45.7 Å². The summed E-state index contributed by atoms with van der Waals surface area (Å²) in [7, 11) is 0. The molecule has 6 rings (SSSR count). The standard InChI is InChI=1S/C29H30ClFN4O2/c1-17-24(32-23-10-13-35(29(37)25(17)23)15-14-34-11-2-3-12-34)16-20-26-18(6-5-9-22(26)33-28(20)36)19-7-4-8-21(30)27(19)31/h4-9,16,28,32-33,36H,2-3,10-15H2,1H3/b20-16-. The number of likely N-dealkylation sites (tertiary alicyclic amines) is 1. The van der Waals surface area contributed by atoms with Crippen LogP contribution in [-0.4, -0.2) is 64.7 Å². The van der Waals surface area contributed by atoms with Crippen LogP contribution in [0.3, 0.4) is 0 Å². The number of aliphatic hydroxyl groups is 1. The number of fused-ring (bicyclic) bond motifs is 2. The van der Waals surface area contributed by atoms with E-state index in [4.69, 9.17) is 11.6 Å². The molecular weight excluding hydrogens is 491 g/mol. The Hall–Kier alpha value is -3.13. The average molecular weight is 521 g/mol. The van der Waals surface area contributed by atoms with Crippen molar-refractivity contribution in [3.8, 4) is 11.1 Å². The number of hydrogen-bond donors (Lipinski definition) is 3. The quantitative estimate of drug-likeness (QED) is 0.434. The molecule has 0 aliphatic carbocycles. The summed E-state index contributed by atoms with van der Waals surface area (Å²) >= 11 is 6.07. The highest BCUT2D eigenvalue weighted by Crippen LogP contribution is 2.43. The Bertz CT molecular complexity index is 1410. The van der Waals surface area contributed by atoms with Gasteiger partial charge in [-0.3, -0.25) is 4.79 Å². The Balaban J connectivity index is 1.35. The maximum absolute atomic E-state index is 15.0. The number of halogens is 2. The van der Waals surface area contributed by atoms with Crippen LogP contribution in [0.2, 0.25) is 5.02 Å². The van der Waals surface area contributed by atoms with Gasteiger partial charge in [-0.15, -0.1) is 0 Å². The molecule has 1 saturated heterocycles. The molecule has 6 nitrogen and oxygen atoms in total. The zero-order valence-electron chi connectivity index (χ0n) is 20.8. The van der Waals surface area contributed by atoms with E-state index in [1.165, 1.54) is 18.9 Å². The zero-order valence-corrected chi connectivity index (χ0v) is 21.5. The molecule has 0 bridgehead atoms. The largest absolute Gasteiger partial charge is 0.369 e. The second-order valence-corrected chi connectivity index (χ2v) is 10.5. The second-order valence-electron chi connectivity index (χ2n) is 10.1. The van der Waals surface area contributed by atoms with Crippen molar-refractivity contribution in [3.05, 3.63) is 75.3 Å². The van der Waals surface area contributed by atoms with E-state index in [2.05, 4.69) is 15.2 Å². The van der Waals surface area contributed by atoms with Crippen molar-refractivity contribution in [1.29, 1.82) is 0 Å². The third kappa shape index (κ3) is 4.25. The predicted octanol–water partition coefficient (Wildman–Crippen LogP) is 5.16. The third-order valence-electron chi connectivity index (χ3n) is 7.87. The Morgan fingerprint density at radius 1 is 1.08 bits per heavy atom. The van der Waals surface area contributed by atoms with Gasteiger partial charge >= 0.3 is 0 Å². The number of nitrogens with one attached hydrogen (secondary N) is 2. The highest BCUT2D eigenvalue weighted by atomic mass is 35.5. The second kappa shape index (κ2) is 9.63. The number of aliphatic hydroxyl groups excluding tert-OH is 1. The Kier molecular flexibility index (Phi) is 6.31. The lowest BCUT2D eigenvalue weighted by Crippen LogP contribution is -2.42. The van der Waals surface area contributed by atoms with Gasteiger partial charge in [-0.05, 0) is 62.2 Å². The molecule has 4 heterocycles. The van der Waals surface area contributed by atoms with Crippen LogP contribution in [0.4, 0.5) is 10.1 Å². The molecule has 1 fully saturated rings. The molecule has 2 aromatic carbocycles. The first-order valence-electron chi connectivity index (χ1n) is 12.9. The van der Waals surface area contributed by atoms with Crippen molar-refractivity contribution in [1.82, 2.24) is 14.8 Å². The van der Waals surface area contributed by atoms with Crippen LogP contribution < -0.4 is 5.32 Å². The molecule has 1 aromatic heterocycles. The summed E-state index contributed by atoms with van der Waals surface area (Å²) < 4.78 is 15.0. The fourth-order valence-electron chi connectivity index (χ4n) is 5.88. The van der Waals surface area contributed by atoms with Crippen molar-refractivity contribution in [3.63, 3.8) is 0 Å². The topological polar surface area (TPSA) is 71.6 Å². The maximum Gasteiger partial charge on any atom is 0.256 e. The van der Waals surface area contributed by atoms with Gasteiger partial charge in [0.15, 0.2) is 6.23 Å². The van der Waals surface area contributed by atoms with Crippen LogP contribution in [0, 0.1) is 12.7 Å². The summed E-state index contributed by atoms with van der Waals surface area (Å²) in [6.07, 6.45) is 4.16. The van der Waals surface area contributed by atoms with Crippen molar-refractivity contribution in [2.75, 3.05) is 38.0 Å². The molecule has 1 amide bonds. The number of benzene rings is 2. The summed E-state index contributed by atoms with van der Waals surface area (Å²) in [6, 6.07) is 10.4. The van der Waals surface area contributed by atoms with E-state index in [1.807, 2.05) is 36.1 Å². The maximum atomic E-state index is 15.0. The van der Waals surface area contributed by atoms with E-state index in [0.29, 0.717) is 28.9 Å². The van der Waals surface area contributed by atoms with E-state index in [0.717, 1.165) is 60.7 Å². The molecule has 1 atom stereocenters. The van der Waals surface area contributed by atoms with Gasteiger partial charge in [0.2, 0.25) is 0 Å². The minimum atomic E-state index is -0.967. The molecule has 3 aliphatic rings. The van der Waals surface area contributed by atoms with E-state index in [9.17, 15) is 14.3 Å². The van der Waals surface area contributed by atoms with E-state index >= 15 is 0 Å². The van der Waals surface area contributed by atoms with Gasteiger partial charge in [0.25, 0.3) is 5.91 Å². The average Bonchev–Trinajstić information content (AvgIpc) is 3.59. The zero-order chi connectivity index (χ0) is 25.7. The molecule has 0 radical (unpaired) electrons. The van der Waals surface area contributed by atoms with Crippen molar-refractivity contribution >= 4 is 34.8 Å². The summed E-state index contributed by atoms with van der Waals surface area (Å²) in [4.78, 5) is 21.2. The van der Waals surface area contributed by atoms with E-state index in [1.54, 1.807) is 12.1 Å². The molecule has 37 heavy (non-hydrogen) atoms. The van der Waals surface area contributed by atoms with E-state index in [-0.39, 0.29) is 10.9 Å². The number of carbonyl (C=O) groups is 1. The number of nitrogens with zero attached hydrogens (tertiary/aromatic N) is 2. The van der Waals surface area contributed by atoms with Gasteiger partial charge in [-0.2, -0.15) is 0 Å². The molecule has 0 spiro atoms. The first-order chi connectivity index (χ1) is 17.9. The Morgan fingerprint density at radius 3 is 2.65 bits per heavy atom. The van der Waals surface area contributed by atoms with Crippen LogP contribution in [0.5, 0.6) is 0 Å². The minimum absolute atomic E-state index is 0.0489. The highest BCUT2D eigenvalue weighted by Gasteiger charge is 2.32. The fraction of sp³-hybridized carbons (Fsp3) is 0.345. The molecule has 8 heteroatoms. The Morgan fingerprint density at radius 2 is 1.84 bits per heavy atom. The fourth-order valence-corrected chi connectivity index (χ4v) is 6.05. The molecule has 0 saturated carbocycles.